The molecule has 0 spiro atoms. The molecule has 6 aromatic carbocycles. The maximum Gasteiger partial charge on any atom is 0.223 e. The molecule has 4 heteroatoms. The van der Waals surface area contributed by atoms with Gasteiger partial charge >= 0.3 is 0 Å². The number of para-hydroxylation sites is 2. The molecule has 0 atom stereocenters. The lowest BCUT2D eigenvalue weighted by Gasteiger charge is -2.11. The van der Waals surface area contributed by atoms with Crippen LogP contribution < -0.4 is 0 Å². The summed E-state index contributed by atoms with van der Waals surface area (Å²) in [7, 11) is 0. The summed E-state index contributed by atoms with van der Waals surface area (Å²) in [4.78, 5) is 9.16. The highest BCUT2D eigenvalue weighted by atomic mass is 35.5. The molecule has 0 aliphatic carbocycles. The van der Waals surface area contributed by atoms with Crippen molar-refractivity contribution in [2.24, 2.45) is 0 Å². The van der Waals surface area contributed by atoms with Crippen LogP contribution in [-0.4, -0.2) is 14.5 Å². The van der Waals surface area contributed by atoms with Gasteiger partial charge in [0.25, 0.3) is 0 Å². The Labute approximate surface area is 260 Å². The number of fused-ring (bicyclic) bond motifs is 3. The average molecular weight is 584 g/mol. The van der Waals surface area contributed by atoms with Crippen molar-refractivity contribution in [3.8, 4) is 50.5 Å². The fourth-order valence-corrected chi connectivity index (χ4v) is 6.24. The fraction of sp³-hybridized carbons (Fsp3) is 0. The van der Waals surface area contributed by atoms with Crippen molar-refractivity contribution in [1.29, 1.82) is 0 Å². The molecule has 44 heavy (non-hydrogen) atoms. The van der Waals surface area contributed by atoms with Crippen LogP contribution in [0.3, 0.4) is 0 Å². The highest BCUT2D eigenvalue weighted by molar-refractivity contribution is 6.28. The van der Waals surface area contributed by atoms with E-state index in [0.717, 1.165) is 44.9 Å². The summed E-state index contributed by atoms with van der Waals surface area (Å²) in [5.41, 5.74) is 11.6. The van der Waals surface area contributed by atoms with E-state index in [0.29, 0.717) is 0 Å². The topological polar surface area (TPSA) is 30.7 Å². The Morgan fingerprint density at radius 1 is 0.386 bits per heavy atom. The van der Waals surface area contributed by atoms with Gasteiger partial charge in [-0.1, -0.05) is 121 Å². The highest BCUT2D eigenvalue weighted by Gasteiger charge is 2.13. The number of hydrogen-bond acceptors (Lipinski definition) is 2. The van der Waals surface area contributed by atoms with Gasteiger partial charge in [-0.2, -0.15) is 0 Å². The summed E-state index contributed by atoms with van der Waals surface area (Å²) in [5, 5.41) is 2.73. The van der Waals surface area contributed by atoms with Gasteiger partial charge in [-0.15, -0.1) is 0 Å². The normalized spacial score (nSPS) is 11.3. The Morgan fingerprint density at radius 2 is 0.886 bits per heavy atom. The molecule has 0 amide bonds. The van der Waals surface area contributed by atoms with Gasteiger partial charge < -0.3 is 4.57 Å². The van der Waals surface area contributed by atoms with Crippen LogP contribution in [0.4, 0.5) is 0 Å². The standard InChI is InChI=1S/C40H26ClN3/c41-40-42-36(29-22-20-28(21-23-29)27-10-2-1-3-11-27)26-37(43-40)32-14-8-12-30(24-32)31-13-9-15-33(25-31)44-38-18-6-4-16-34(38)35-17-5-7-19-39(35)44/h1-26H. The minimum Gasteiger partial charge on any atom is -0.309 e. The van der Waals surface area contributed by atoms with Crippen LogP contribution in [0.25, 0.3) is 72.3 Å². The molecule has 0 N–H and O–H groups in total. The molecule has 8 rings (SSSR count). The first-order valence-electron chi connectivity index (χ1n) is 14.6. The molecule has 0 saturated carbocycles. The molecule has 0 unspecified atom stereocenters. The summed E-state index contributed by atoms with van der Waals surface area (Å²) < 4.78 is 2.34. The van der Waals surface area contributed by atoms with E-state index in [1.54, 1.807) is 0 Å². The van der Waals surface area contributed by atoms with Crippen LogP contribution in [-0.2, 0) is 0 Å². The second-order valence-corrected chi connectivity index (χ2v) is 11.2. The Bertz CT molecular complexity index is 2230. The first kappa shape index (κ1) is 26.1. The minimum atomic E-state index is 0.225. The number of hydrogen-bond donors (Lipinski definition) is 0. The van der Waals surface area contributed by atoms with E-state index in [1.807, 2.05) is 12.1 Å². The third-order valence-corrected chi connectivity index (χ3v) is 8.33. The summed E-state index contributed by atoms with van der Waals surface area (Å²) in [6.07, 6.45) is 0. The first-order valence-corrected chi connectivity index (χ1v) is 15.0. The Hall–Kier alpha value is -5.51. The third kappa shape index (κ3) is 4.74. The van der Waals surface area contributed by atoms with Gasteiger partial charge in [0.05, 0.1) is 22.4 Å². The highest BCUT2D eigenvalue weighted by Crippen LogP contribution is 2.34. The molecule has 0 fully saturated rings. The van der Waals surface area contributed by atoms with Gasteiger partial charge in [0.2, 0.25) is 5.28 Å². The predicted octanol–water partition coefficient (Wildman–Crippen LogP) is 10.9. The predicted molar refractivity (Wildman–Crippen MR) is 183 cm³/mol. The maximum absolute atomic E-state index is 6.48. The fourth-order valence-electron chi connectivity index (χ4n) is 6.06. The number of halogens is 1. The first-order chi connectivity index (χ1) is 21.7. The molecule has 0 bridgehead atoms. The van der Waals surface area contributed by atoms with Crippen molar-refractivity contribution in [2.75, 3.05) is 0 Å². The number of aromatic nitrogens is 3. The van der Waals surface area contributed by atoms with Crippen molar-refractivity contribution in [2.45, 2.75) is 0 Å². The van der Waals surface area contributed by atoms with E-state index in [1.165, 1.54) is 27.4 Å². The van der Waals surface area contributed by atoms with Gasteiger partial charge in [-0.25, -0.2) is 9.97 Å². The Kier molecular flexibility index (Phi) is 6.51. The van der Waals surface area contributed by atoms with E-state index >= 15 is 0 Å². The van der Waals surface area contributed by atoms with Crippen LogP contribution in [0, 0.1) is 0 Å². The van der Waals surface area contributed by atoms with Crippen molar-refractivity contribution in [3.63, 3.8) is 0 Å². The zero-order valence-corrected chi connectivity index (χ0v) is 24.5. The van der Waals surface area contributed by atoms with Crippen molar-refractivity contribution in [1.82, 2.24) is 14.5 Å². The molecule has 2 aromatic heterocycles. The van der Waals surface area contributed by atoms with E-state index in [9.17, 15) is 0 Å². The Balaban J connectivity index is 1.16. The van der Waals surface area contributed by atoms with Gasteiger partial charge in [0.1, 0.15) is 0 Å². The third-order valence-electron chi connectivity index (χ3n) is 8.16. The summed E-state index contributed by atoms with van der Waals surface area (Å²) in [5.74, 6) is 0. The maximum atomic E-state index is 6.48. The molecule has 0 aliphatic rings. The molecule has 208 valence electrons. The van der Waals surface area contributed by atoms with E-state index in [4.69, 9.17) is 11.6 Å². The summed E-state index contributed by atoms with van der Waals surface area (Å²) in [6.45, 7) is 0. The second kappa shape index (κ2) is 11.0. The average Bonchev–Trinajstić information content (AvgIpc) is 3.43. The zero-order chi connectivity index (χ0) is 29.5. The van der Waals surface area contributed by atoms with E-state index < -0.39 is 0 Å². The largest absolute Gasteiger partial charge is 0.309 e. The van der Waals surface area contributed by atoms with Crippen LogP contribution in [0.5, 0.6) is 0 Å². The second-order valence-electron chi connectivity index (χ2n) is 10.9. The van der Waals surface area contributed by atoms with Crippen molar-refractivity contribution in [3.05, 3.63) is 163 Å². The van der Waals surface area contributed by atoms with Crippen LogP contribution in [0.1, 0.15) is 0 Å². The molecular formula is C40H26ClN3. The van der Waals surface area contributed by atoms with Gasteiger partial charge in [-0.3, -0.25) is 0 Å². The smallest absolute Gasteiger partial charge is 0.223 e. The summed E-state index contributed by atoms with van der Waals surface area (Å²) >= 11 is 6.48. The molecule has 8 aromatic rings. The molecule has 0 aliphatic heterocycles. The SMILES string of the molecule is Clc1nc(-c2ccc(-c3ccccc3)cc2)cc(-c2cccc(-c3cccc(-n4c5ccccc5c5ccccc54)c3)c2)n1. The van der Waals surface area contributed by atoms with Crippen LogP contribution in [0.15, 0.2) is 158 Å². The molecule has 3 nitrogen and oxygen atoms in total. The number of rotatable bonds is 5. The summed E-state index contributed by atoms with van der Waals surface area (Å²) in [6, 6.07) is 55.1. The molecule has 0 radical (unpaired) electrons. The Morgan fingerprint density at radius 3 is 1.59 bits per heavy atom. The number of benzene rings is 6. The zero-order valence-electron chi connectivity index (χ0n) is 23.7. The molecule has 2 heterocycles. The van der Waals surface area contributed by atoms with Crippen LogP contribution in [0.2, 0.25) is 5.28 Å². The van der Waals surface area contributed by atoms with Crippen molar-refractivity contribution < 1.29 is 0 Å². The lowest BCUT2D eigenvalue weighted by molar-refractivity contribution is 1.18. The lowest BCUT2D eigenvalue weighted by atomic mass is 9.99. The van der Waals surface area contributed by atoms with Gasteiger partial charge in [0.15, 0.2) is 0 Å². The monoisotopic (exact) mass is 583 g/mol. The number of nitrogens with zero attached hydrogens (tertiary/aromatic N) is 3. The van der Waals surface area contributed by atoms with Crippen LogP contribution >= 0.6 is 11.6 Å². The molecular weight excluding hydrogens is 558 g/mol. The van der Waals surface area contributed by atoms with Gasteiger partial charge in [-0.05, 0) is 70.3 Å². The van der Waals surface area contributed by atoms with E-state index in [2.05, 4.69) is 160 Å². The quantitative estimate of drug-likeness (QED) is 0.189. The van der Waals surface area contributed by atoms with Crippen molar-refractivity contribution >= 4 is 33.4 Å². The van der Waals surface area contributed by atoms with E-state index in [-0.39, 0.29) is 5.28 Å². The molecule has 0 saturated heterocycles. The lowest BCUT2D eigenvalue weighted by Crippen LogP contribution is -1.94. The van der Waals surface area contributed by atoms with Gasteiger partial charge in [0, 0.05) is 27.6 Å². The minimum absolute atomic E-state index is 0.225.